The van der Waals surface area contributed by atoms with Gasteiger partial charge in [-0.3, -0.25) is 4.79 Å². The van der Waals surface area contributed by atoms with Crippen LogP contribution in [0, 0.1) is 6.92 Å². The highest BCUT2D eigenvalue weighted by atomic mass is 35.5. The standard InChI is InChI=1S/C17H17Cl2N3O/c1-10-8-11(6-7-13(10)18)20-17(23)16-9-15(21-22-16)12-4-2-3-5-14(12)19/h2-8,15-16,21-22H,9H2,1H3,(H,20,23). The normalized spacial score (nSPS) is 20.5. The Balaban J connectivity index is 1.65. The van der Waals surface area contributed by atoms with Crippen LogP contribution in [-0.4, -0.2) is 11.9 Å². The molecular weight excluding hydrogens is 333 g/mol. The second kappa shape index (κ2) is 6.89. The van der Waals surface area contributed by atoms with Crippen LogP contribution in [0.3, 0.4) is 0 Å². The fraction of sp³-hybridized carbons (Fsp3) is 0.235. The van der Waals surface area contributed by atoms with E-state index < -0.39 is 0 Å². The number of rotatable bonds is 3. The minimum atomic E-state index is -0.327. The number of hydrazine groups is 1. The molecule has 1 saturated heterocycles. The predicted octanol–water partition coefficient (Wildman–Crippen LogP) is 3.85. The molecule has 0 radical (unpaired) electrons. The molecule has 1 heterocycles. The first-order chi connectivity index (χ1) is 11.0. The van der Waals surface area contributed by atoms with E-state index in [1.165, 1.54) is 0 Å². The highest BCUT2D eigenvalue weighted by Crippen LogP contribution is 2.28. The Morgan fingerprint density at radius 3 is 2.65 bits per heavy atom. The highest BCUT2D eigenvalue weighted by Gasteiger charge is 2.31. The van der Waals surface area contributed by atoms with Gasteiger partial charge < -0.3 is 5.32 Å². The molecule has 2 aromatic carbocycles. The number of halogens is 2. The number of amides is 1. The van der Waals surface area contributed by atoms with Gasteiger partial charge >= 0.3 is 0 Å². The minimum absolute atomic E-state index is 0.00593. The van der Waals surface area contributed by atoms with Crippen LogP contribution in [0.2, 0.25) is 10.0 Å². The molecule has 1 aliphatic heterocycles. The molecule has 0 aliphatic carbocycles. The van der Waals surface area contributed by atoms with Crippen molar-refractivity contribution >= 4 is 34.8 Å². The number of benzene rings is 2. The van der Waals surface area contributed by atoms with E-state index in [1.807, 2.05) is 37.3 Å². The first kappa shape index (κ1) is 16.3. The summed E-state index contributed by atoms with van der Waals surface area (Å²) in [5.41, 5.74) is 8.81. The molecule has 0 bridgehead atoms. The van der Waals surface area contributed by atoms with Crippen LogP contribution in [-0.2, 0) is 4.79 Å². The third kappa shape index (κ3) is 3.67. The zero-order chi connectivity index (χ0) is 16.4. The van der Waals surface area contributed by atoms with Crippen LogP contribution < -0.4 is 16.2 Å². The monoisotopic (exact) mass is 349 g/mol. The lowest BCUT2D eigenvalue weighted by Crippen LogP contribution is -2.39. The molecule has 1 amide bonds. The Morgan fingerprint density at radius 2 is 1.91 bits per heavy atom. The zero-order valence-corrected chi connectivity index (χ0v) is 14.1. The van der Waals surface area contributed by atoms with Crippen LogP contribution in [0.4, 0.5) is 5.69 Å². The number of carbonyl (C=O) groups is 1. The van der Waals surface area contributed by atoms with Crippen molar-refractivity contribution in [3.63, 3.8) is 0 Å². The topological polar surface area (TPSA) is 53.2 Å². The molecule has 4 nitrogen and oxygen atoms in total. The number of hydrogen-bond donors (Lipinski definition) is 3. The van der Waals surface area contributed by atoms with Crippen molar-refractivity contribution in [3.8, 4) is 0 Å². The summed E-state index contributed by atoms with van der Waals surface area (Å²) in [5, 5.41) is 4.28. The van der Waals surface area contributed by atoms with Crippen LogP contribution in [0.1, 0.15) is 23.6 Å². The Labute approximate surface area is 145 Å². The van der Waals surface area contributed by atoms with Crippen molar-refractivity contribution in [2.75, 3.05) is 5.32 Å². The van der Waals surface area contributed by atoms with Gasteiger partial charge in [0.1, 0.15) is 6.04 Å². The average Bonchev–Trinajstić information content (AvgIpc) is 3.01. The summed E-state index contributed by atoms with van der Waals surface area (Å²) in [5.74, 6) is -0.0891. The molecule has 2 aromatic rings. The summed E-state index contributed by atoms with van der Waals surface area (Å²) in [6.07, 6.45) is 0.627. The summed E-state index contributed by atoms with van der Waals surface area (Å²) in [6, 6.07) is 12.7. The van der Waals surface area contributed by atoms with Gasteiger partial charge in [0.25, 0.3) is 0 Å². The third-order valence-electron chi connectivity index (χ3n) is 3.93. The van der Waals surface area contributed by atoms with Crippen molar-refractivity contribution < 1.29 is 4.79 Å². The van der Waals surface area contributed by atoms with Crippen LogP contribution >= 0.6 is 23.2 Å². The maximum Gasteiger partial charge on any atom is 0.242 e. The number of hydrogen-bond acceptors (Lipinski definition) is 3. The summed E-state index contributed by atoms with van der Waals surface area (Å²) in [4.78, 5) is 12.4. The van der Waals surface area contributed by atoms with E-state index in [0.717, 1.165) is 16.8 Å². The Morgan fingerprint density at radius 1 is 1.13 bits per heavy atom. The van der Waals surface area contributed by atoms with E-state index in [-0.39, 0.29) is 18.0 Å². The van der Waals surface area contributed by atoms with Crippen molar-refractivity contribution in [2.24, 2.45) is 0 Å². The molecule has 1 aliphatic rings. The molecule has 0 spiro atoms. The van der Waals surface area contributed by atoms with Gasteiger partial charge in [0.15, 0.2) is 0 Å². The molecule has 0 saturated carbocycles. The quantitative estimate of drug-likeness (QED) is 0.788. The van der Waals surface area contributed by atoms with Crippen molar-refractivity contribution in [3.05, 3.63) is 63.6 Å². The highest BCUT2D eigenvalue weighted by molar-refractivity contribution is 6.31. The van der Waals surface area contributed by atoms with E-state index >= 15 is 0 Å². The van der Waals surface area contributed by atoms with Gasteiger partial charge in [-0.2, -0.15) is 0 Å². The maximum absolute atomic E-state index is 12.4. The number of carbonyl (C=O) groups excluding carboxylic acids is 1. The van der Waals surface area contributed by atoms with Crippen LogP contribution in [0.25, 0.3) is 0 Å². The van der Waals surface area contributed by atoms with Crippen molar-refractivity contribution in [2.45, 2.75) is 25.4 Å². The first-order valence-corrected chi connectivity index (χ1v) is 8.12. The van der Waals surface area contributed by atoms with Crippen LogP contribution in [0.5, 0.6) is 0 Å². The summed E-state index contributed by atoms with van der Waals surface area (Å²) >= 11 is 12.2. The number of anilines is 1. The van der Waals surface area contributed by atoms with Gasteiger partial charge in [-0.1, -0.05) is 41.4 Å². The average molecular weight is 350 g/mol. The molecule has 2 atom stereocenters. The molecule has 23 heavy (non-hydrogen) atoms. The van der Waals surface area contributed by atoms with Gasteiger partial charge in [0.05, 0.1) is 0 Å². The molecule has 1 fully saturated rings. The maximum atomic E-state index is 12.4. The molecule has 120 valence electrons. The zero-order valence-electron chi connectivity index (χ0n) is 12.6. The molecular formula is C17H17Cl2N3O. The van der Waals surface area contributed by atoms with Crippen LogP contribution in [0.15, 0.2) is 42.5 Å². The van der Waals surface area contributed by atoms with E-state index in [2.05, 4.69) is 16.2 Å². The number of nitrogens with one attached hydrogen (secondary N) is 3. The van der Waals surface area contributed by atoms with Crippen molar-refractivity contribution in [1.82, 2.24) is 10.9 Å². The van der Waals surface area contributed by atoms with E-state index in [4.69, 9.17) is 23.2 Å². The fourth-order valence-electron chi connectivity index (χ4n) is 2.64. The van der Waals surface area contributed by atoms with Gasteiger partial charge in [0.2, 0.25) is 5.91 Å². The lowest BCUT2D eigenvalue weighted by atomic mass is 10.0. The summed E-state index contributed by atoms with van der Waals surface area (Å²) in [7, 11) is 0. The third-order valence-corrected chi connectivity index (χ3v) is 4.69. The Kier molecular flexibility index (Phi) is 4.87. The SMILES string of the molecule is Cc1cc(NC(=O)C2CC(c3ccccc3Cl)NN2)ccc1Cl. The first-order valence-electron chi connectivity index (χ1n) is 7.37. The molecule has 6 heteroatoms. The molecule has 0 aromatic heterocycles. The molecule has 3 rings (SSSR count). The second-order valence-electron chi connectivity index (χ2n) is 5.60. The van der Waals surface area contributed by atoms with Gasteiger partial charge in [-0.05, 0) is 48.7 Å². The summed E-state index contributed by atoms with van der Waals surface area (Å²) < 4.78 is 0. The minimum Gasteiger partial charge on any atom is -0.325 e. The fourth-order valence-corrected chi connectivity index (χ4v) is 3.03. The van der Waals surface area contributed by atoms with E-state index in [1.54, 1.807) is 12.1 Å². The number of aryl methyl sites for hydroxylation is 1. The smallest absolute Gasteiger partial charge is 0.242 e. The summed E-state index contributed by atoms with van der Waals surface area (Å²) in [6.45, 7) is 1.90. The molecule has 2 unspecified atom stereocenters. The van der Waals surface area contributed by atoms with E-state index in [9.17, 15) is 4.79 Å². The predicted molar refractivity (Wildman–Crippen MR) is 93.7 cm³/mol. The molecule has 3 N–H and O–H groups in total. The van der Waals surface area contributed by atoms with Gasteiger partial charge in [-0.25, -0.2) is 10.9 Å². The lowest BCUT2D eigenvalue weighted by molar-refractivity contribution is -0.117. The lowest BCUT2D eigenvalue weighted by Gasteiger charge is -2.12. The van der Waals surface area contributed by atoms with Crippen molar-refractivity contribution in [1.29, 1.82) is 0 Å². The van der Waals surface area contributed by atoms with E-state index in [0.29, 0.717) is 16.5 Å². The Bertz CT molecular complexity index is 736. The van der Waals surface area contributed by atoms with Gasteiger partial charge in [-0.15, -0.1) is 0 Å². The second-order valence-corrected chi connectivity index (χ2v) is 6.42. The largest absolute Gasteiger partial charge is 0.325 e. The Hall–Kier alpha value is -1.59. The van der Waals surface area contributed by atoms with Gasteiger partial charge in [0, 0.05) is 21.8 Å².